The fourth-order valence-corrected chi connectivity index (χ4v) is 8.72. The number of amidine groups is 1. The van der Waals surface area contributed by atoms with Gasteiger partial charge in [0.05, 0.1) is 24.6 Å². The van der Waals surface area contributed by atoms with Crippen molar-refractivity contribution in [1.29, 1.82) is 10.8 Å². The molecular formula is C52H75ClN8O2S. The summed E-state index contributed by atoms with van der Waals surface area (Å²) in [5.74, 6) is 7.40. The molecule has 348 valence electrons. The van der Waals surface area contributed by atoms with Gasteiger partial charge in [0.1, 0.15) is 10.8 Å². The summed E-state index contributed by atoms with van der Waals surface area (Å²) < 4.78 is 0. The lowest BCUT2D eigenvalue weighted by atomic mass is 10.00. The first-order valence-electron chi connectivity index (χ1n) is 23.0. The lowest BCUT2D eigenvalue weighted by Crippen LogP contribution is -2.42. The molecule has 6 N–H and O–H groups in total. The van der Waals surface area contributed by atoms with E-state index in [4.69, 9.17) is 27.4 Å². The zero-order valence-corrected chi connectivity index (χ0v) is 41.4. The number of phenolic OH excluding ortho intramolecular Hbond substituents is 1. The molecule has 64 heavy (non-hydrogen) atoms. The van der Waals surface area contributed by atoms with Gasteiger partial charge in [-0.15, -0.1) is 11.3 Å². The number of piperidine rings is 1. The number of nitrogens with zero attached hydrogens (tertiary/aromatic N) is 3. The largest absolute Gasteiger partial charge is 0.507 e. The van der Waals surface area contributed by atoms with Crippen LogP contribution in [0.5, 0.6) is 5.75 Å². The Balaban J connectivity index is 0.000000428. The highest BCUT2D eigenvalue weighted by Crippen LogP contribution is 2.38. The van der Waals surface area contributed by atoms with Crippen molar-refractivity contribution in [1.82, 2.24) is 15.5 Å². The number of likely N-dealkylation sites (tertiary alicyclic amines) is 1. The molecule has 0 aliphatic carbocycles. The third-order valence-corrected chi connectivity index (χ3v) is 12.2. The minimum atomic E-state index is 0.394. The molecule has 0 unspecified atom stereocenters. The number of rotatable bonds is 15. The second kappa shape index (κ2) is 31.8. The van der Waals surface area contributed by atoms with Crippen LogP contribution in [0.3, 0.4) is 0 Å². The molecule has 12 heteroatoms. The topological polar surface area (TPSA) is 140 Å². The highest BCUT2D eigenvalue weighted by Gasteiger charge is 2.26. The molecule has 0 spiro atoms. The number of benzene rings is 3. The third-order valence-electron chi connectivity index (χ3n) is 10.7. The van der Waals surface area contributed by atoms with Crippen LogP contribution >= 0.6 is 22.9 Å². The molecular weight excluding hydrogens is 836 g/mol. The summed E-state index contributed by atoms with van der Waals surface area (Å²) >= 11 is 7.76. The van der Waals surface area contributed by atoms with E-state index in [-0.39, 0.29) is 0 Å². The number of fused-ring (bicyclic) bond motifs is 1. The fraction of sp³-hybridized carbons (Fsp3) is 0.462. The molecule has 0 atom stereocenters. The number of halogens is 1. The Labute approximate surface area is 394 Å². The predicted octanol–water partition coefficient (Wildman–Crippen LogP) is 11.4. The Hall–Kier alpha value is -4.99. The number of para-hydroxylation sites is 1. The molecule has 10 nitrogen and oxygen atoms in total. The van der Waals surface area contributed by atoms with E-state index < -0.39 is 0 Å². The van der Waals surface area contributed by atoms with Crippen molar-refractivity contribution in [2.24, 2.45) is 4.99 Å². The smallest absolute Gasteiger partial charge is 0.207 e. The molecule has 6 rings (SSSR count). The average Bonchev–Trinajstić information content (AvgIpc) is 3.47. The van der Waals surface area contributed by atoms with E-state index in [1.807, 2.05) is 108 Å². The number of thiophene rings is 1. The van der Waals surface area contributed by atoms with Gasteiger partial charge in [-0.1, -0.05) is 101 Å². The van der Waals surface area contributed by atoms with E-state index in [9.17, 15) is 9.90 Å². The molecule has 3 heterocycles. The number of phenols is 1. The summed E-state index contributed by atoms with van der Waals surface area (Å²) in [5.41, 5.74) is 8.36. The van der Waals surface area contributed by atoms with Gasteiger partial charge in [0.15, 0.2) is 0 Å². The van der Waals surface area contributed by atoms with Crippen LogP contribution in [0.2, 0.25) is 5.02 Å². The Kier molecular flexibility index (Phi) is 27.4. The van der Waals surface area contributed by atoms with Gasteiger partial charge < -0.3 is 31.4 Å². The van der Waals surface area contributed by atoms with Gasteiger partial charge in [-0.3, -0.25) is 20.1 Å². The number of hydrogen-bond donors (Lipinski definition) is 6. The van der Waals surface area contributed by atoms with Crippen LogP contribution in [0.1, 0.15) is 118 Å². The van der Waals surface area contributed by atoms with Crippen molar-refractivity contribution in [3.8, 4) is 17.6 Å². The van der Waals surface area contributed by atoms with Crippen molar-refractivity contribution in [3.05, 3.63) is 110 Å². The number of nitrogens with one attached hydrogen (secondary N) is 5. The van der Waals surface area contributed by atoms with E-state index in [2.05, 4.69) is 58.2 Å². The van der Waals surface area contributed by atoms with Crippen molar-refractivity contribution in [3.63, 3.8) is 0 Å². The van der Waals surface area contributed by atoms with Crippen LogP contribution in [0, 0.1) is 43.4 Å². The molecule has 2 aliphatic rings. The van der Waals surface area contributed by atoms with Crippen LogP contribution < -0.4 is 20.9 Å². The minimum Gasteiger partial charge on any atom is -0.507 e. The Morgan fingerprint density at radius 1 is 0.938 bits per heavy atom. The van der Waals surface area contributed by atoms with E-state index >= 15 is 0 Å². The first-order chi connectivity index (χ1) is 31.1. The third kappa shape index (κ3) is 18.2. The molecule has 0 saturated carbocycles. The summed E-state index contributed by atoms with van der Waals surface area (Å²) in [6, 6.07) is 22.5. The van der Waals surface area contributed by atoms with Crippen molar-refractivity contribution in [2.45, 2.75) is 113 Å². The molecule has 1 amide bonds. The van der Waals surface area contributed by atoms with Gasteiger partial charge in [0.25, 0.3) is 0 Å². The number of amides is 1. The molecule has 1 fully saturated rings. The maximum absolute atomic E-state index is 10.7. The zero-order valence-electron chi connectivity index (χ0n) is 39.8. The number of unbranched alkanes of at least 4 members (excludes halogenated alkanes) is 4. The molecule has 1 saturated heterocycles. The van der Waals surface area contributed by atoms with Gasteiger partial charge in [0.2, 0.25) is 6.41 Å². The van der Waals surface area contributed by atoms with Crippen LogP contribution in [-0.2, 0) is 11.3 Å². The van der Waals surface area contributed by atoms with E-state index in [0.29, 0.717) is 30.7 Å². The highest BCUT2D eigenvalue weighted by atomic mass is 35.5. The monoisotopic (exact) mass is 911 g/mol. The van der Waals surface area contributed by atoms with Crippen molar-refractivity contribution < 1.29 is 9.90 Å². The summed E-state index contributed by atoms with van der Waals surface area (Å²) in [4.78, 5) is 20.8. The number of carbonyl (C=O) groups is 1. The second-order valence-electron chi connectivity index (χ2n) is 15.1. The summed E-state index contributed by atoms with van der Waals surface area (Å²) in [6.45, 7) is 25.3. The van der Waals surface area contributed by atoms with Crippen molar-refractivity contribution in [2.75, 3.05) is 56.0 Å². The molecule has 3 aromatic carbocycles. The number of aryl methyl sites for hydroxylation is 2. The number of anilines is 2. The number of carbonyl (C=O) groups excluding carboxylic acids is 1. The molecule has 4 aromatic rings. The van der Waals surface area contributed by atoms with Crippen molar-refractivity contribution >= 4 is 58.3 Å². The van der Waals surface area contributed by atoms with Crippen LogP contribution in [0.15, 0.2) is 71.7 Å². The minimum absolute atomic E-state index is 0.394. The number of hydrogen-bond acceptors (Lipinski definition) is 9. The van der Waals surface area contributed by atoms with Gasteiger partial charge in [-0.25, -0.2) is 0 Å². The lowest BCUT2D eigenvalue weighted by Gasteiger charge is -2.32. The van der Waals surface area contributed by atoms with Gasteiger partial charge >= 0.3 is 0 Å². The summed E-state index contributed by atoms with van der Waals surface area (Å²) in [7, 11) is 0. The lowest BCUT2D eigenvalue weighted by molar-refractivity contribution is -0.109. The maximum Gasteiger partial charge on any atom is 0.207 e. The molecule has 2 aliphatic heterocycles. The van der Waals surface area contributed by atoms with Crippen LogP contribution in [-0.4, -0.2) is 86.5 Å². The highest BCUT2D eigenvalue weighted by molar-refractivity contribution is 7.17. The predicted molar refractivity (Wildman–Crippen MR) is 277 cm³/mol. The standard InChI is InChI=1S/C30H42N4O2.C17H18ClN3S.2C2H6.CH3N/c1-25-21-26(11-10-18-33-28-12-6-5-7-13-28)22-27(30(25)36)23-34-19-14-29(15-20-34)32-17-9-4-2-3-8-16-31-24-35;1-10-11(2)22-17-15(10)16(13-4-6-14(18)7-5-13)20-8-9-21(17)12(3)19;3*1-2/h5-7,12-13,21-22,24,29,32-33,36H,2-4,8-9,14-20,23H2,1H3,(H,31,35);4-7,19H,8-9H2,1-3H3;2*1-2H3;2H,1H2. The number of aromatic hydroxyl groups is 1. The second-order valence-corrected chi connectivity index (χ2v) is 16.7. The maximum atomic E-state index is 10.7. The van der Waals surface area contributed by atoms with Crippen LogP contribution in [0.4, 0.5) is 10.7 Å². The van der Waals surface area contributed by atoms with E-state index in [1.54, 1.807) is 11.3 Å². The fourth-order valence-electron chi connectivity index (χ4n) is 7.36. The normalized spacial score (nSPS) is 13.1. The SMILES string of the molecule is C=N.CC.CC.CC(=N)N1CCN=C(c2ccc(Cl)cc2)c2c1sc(C)c2C.Cc1cc(C#CCNc2ccccc2)cc(CN2CCC(NCCCCCCCNC=O)CC2)c1O. The first kappa shape index (κ1) is 55.1. The first-order valence-corrected chi connectivity index (χ1v) is 24.2. The Bertz CT molecular complexity index is 2050. The average molecular weight is 912 g/mol. The van der Waals surface area contributed by atoms with E-state index in [0.717, 1.165) is 114 Å². The number of aliphatic imine (C=N–C) groups is 1. The van der Waals surface area contributed by atoms with Gasteiger partial charge in [-0.2, -0.15) is 0 Å². The summed E-state index contributed by atoms with van der Waals surface area (Å²) in [6.07, 6.45) is 9.00. The quantitative estimate of drug-likeness (QED) is 0.0231. The molecule has 0 bridgehead atoms. The Morgan fingerprint density at radius 3 is 2.22 bits per heavy atom. The van der Waals surface area contributed by atoms with Gasteiger partial charge in [-0.05, 0) is 127 Å². The van der Waals surface area contributed by atoms with E-state index in [1.165, 1.54) is 36.1 Å². The Morgan fingerprint density at radius 2 is 1.58 bits per heavy atom. The zero-order chi connectivity index (χ0) is 47.3. The van der Waals surface area contributed by atoms with Gasteiger partial charge in [0, 0.05) is 63.5 Å². The molecule has 1 aromatic heterocycles. The molecule has 0 radical (unpaired) electrons. The summed E-state index contributed by atoms with van der Waals surface area (Å²) in [5, 5.41) is 35.8. The van der Waals surface area contributed by atoms with Crippen LogP contribution in [0.25, 0.3) is 0 Å².